The zero-order valence-electron chi connectivity index (χ0n) is 10.00. The molecule has 100 valence electrons. The third-order valence-corrected chi connectivity index (χ3v) is 4.71. The van der Waals surface area contributed by atoms with E-state index in [0.717, 1.165) is 18.9 Å². The lowest BCUT2D eigenvalue weighted by Crippen LogP contribution is -2.32. The van der Waals surface area contributed by atoms with Crippen LogP contribution in [0.5, 0.6) is 0 Å². The van der Waals surface area contributed by atoms with Gasteiger partial charge < -0.3 is 9.52 Å². The summed E-state index contributed by atoms with van der Waals surface area (Å²) >= 11 is 0. The van der Waals surface area contributed by atoms with E-state index in [9.17, 15) is 13.2 Å². The Kier molecular flexibility index (Phi) is 3.45. The van der Waals surface area contributed by atoms with E-state index in [1.807, 2.05) is 0 Å². The lowest BCUT2D eigenvalue weighted by atomic mass is 10.4. The van der Waals surface area contributed by atoms with Crippen molar-refractivity contribution in [1.82, 2.24) is 4.31 Å². The summed E-state index contributed by atoms with van der Waals surface area (Å²) in [6.45, 7) is 2.57. The van der Waals surface area contributed by atoms with Gasteiger partial charge in [-0.3, -0.25) is 0 Å². The van der Waals surface area contributed by atoms with Gasteiger partial charge in [-0.1, -0.05) is 6.92 Å². The SMILES string of the molecule is CCN(CC1CC1)S(=O)(=O)c1ccc(C(=O)O)o1. The van der Waals surface area contributed by atoms with Gasteiger partial charge in [0.05, 0.1) is 0 Å². The molecule has 0 radical (unpaired) electrons. The number of rotatable bonds is 6. The number of carboxylic acid groups (broad SMARTS) is 1. The highest BCUT2D eigenvalue weighted by molar-refractivity contribution is 7.89. The van der Waals surface area contributed by atoms with E-state index in [1.165, 1.54) is 10.4 Å². The van der Waals surface area contributed by atoms with Crippen LogP contribution in [0.25, 0.3) is 0 Å². The van der Waals surface area contributed by atoms with E-state index >= 15 is 0 Å². The average molecular weight is 273 g/mol. The standard InChI is InChI=1S/C11H15NO5S/c1-2-12(7-8-3-4-8)18(15,16)10-6-5-9(17-10)11(13)14/h5-6,8H,2-4,7H2,1H3,(H,13,14). The van der Waals surface area contributed by atoms with Gasteiger partial charge in [0.15, 0.2) is 0 Å². The second-order valence-electron chi connectivity index (χ2n) is 4.32. The molecule has 0 spiro atoms. The molecular weight excluding hydrogens is 258 g/mol. The number of furan rings is 1. The molecule has 1 fully saturated rings. The Morgan fingerprint density at radius 3 is 2.61 bits per heavy atom. The van der Waals surface area contributed by atoms with Crippen molar-refractivity contribution in [3.05, 3.63) is 17.9 Å². The van der Waals surface area contributed by atoms with E-state index in [4.69, 9.17) is 9.52 Å². The van der Waals surface area contributed by atoms with Crippen LogP contribution in [-0.2, 0) is 10.0 Å². The summed E-state index contributed by atoms with van der Waals surface area (Å²) in [5.41, 5.74) is 0. The van der Waals surface area contributed by atoms with Gasteiger partial charge in [-0.05, 0) is 30.9 Å². The summed E-state index contributed by atoms with van der Waals surface area (Å²) in [5, 5.41) is 8.41. The molecular formula is C11H15NO5S. The molecule has 1 N–H and O–H groups in total. The number of nitrogens with zero attached hydrogens (tertiary/aromatic N) is 1. The molecule has 1 aliphatic rings. The van der Waals surface area contributed by atoms with Crippen molar-refractivity contribution in [3.8, 4) is 0 Å². The molecule has 1 aliphatic carbocycles. The fourth-order valence-corrected chi connectivity index (χ4v) is 3.12. The minimum absolute atomic E-state index is 0.303. The van der Waals surface area contributed by atoms with E-state index in [1.54, 1.807) is 6.92 Å². The van der Waals surface area contributed by atoms with Crippen molar-refractivity contribution < 1.29 is 22.7 Å². The molecule has 0 unspecified atom stereocenters. The lowest BCUT2D eigenvalue weighted by Gasteiger charge is -2.18. The first-order valence-electron chi connectivity index (χ1n) is 5.78. The van der Waals surface area contributed by atoms with Crippen molar-refractivity contribution in [3.63, 3.8) is 0 Å². The molecule has 1 aromatic rings. The van der Waals surface area contributed by atoms with Crippen molar-refractivity contribution in [2.75, 3.05) is 13.1 Å². The second-order valence-corrected chi connectivity index (χ2v) is 6.19. The fraction of sp³-hybridized carbons (Fsp3) is 0.545. The molecule has 6 nitrogen and oxygen atoms in total. The molecule has 2 rings (SSSR count). The van der Waals surface area contributed by atoms with E-state index in [-0.39, 0.29) is 10.9 Å². The Hall–Kier alpha value is -1.34. The lowest BCUT2D eigenvalue weighted by molar-refractivity contribution is 0.0656. The Bertz CT molecular complexity index is 544. The molecule has 7 heteroatoms. The number of aromatic carboxylic acids is 1. The average Bonchev–Trinajstić information content (AvgIpc) is 2.97. The van der Waals surface area contributed by atoms with E-state index in [0.29, 0.717) is 19.0 Å². The number of hydrogen-bond acceptors (Lipinski definition) is 4. The normalized spacial score (nSPS) is 16.1. The molecule has 1 heterocycles. The third kappa shape index (κ3) is 2.56. The zero-order chi connectivity index (χ0) is 13.3. The Morgan fingerprint density at radius 2 is 2.17 bits per heavy atom. The van der Waals surface area contributed by atoms with Gasteiger partial charge in [-0.2, -0.15) is 4.31 Å². The van der Waals surface area contributed by atoms with Gasteiger partial charge in [-0.15, -0.1) is 0 Å². The van der Waals surface area contributed by atoms with Crippen LogP contribution >= 0.6 is 0 Å². The summed E-state index contributed by atoms with van der Waals surface area (Å²) in [6, 6.07) is 2.34. The quantitative estimate of drug-likeness (QED) is 0.846. The monoisotopic (exact) mass is 273 g/mol. The summed E-state index contributed by atoms with van der Waals surface area (Å²) < 4.78 is 30.6. The van der Waals surface area contributed by atoms with Gasteiger partial charge in [0.25, 0.3) is 10.0 Å². The first-order chi connectivity index (χ1) is 8.45. The summed E-state index contributed by atoms with van der Waals surface area (Å²) in [4.78, 5) is 10.7. The number of hydrogen-bond donors (Lipinski definition) is 1. The van der Waals surface area contributed by atoms with Crippen LogP contribution in [-0.4, -0.2) is 36.9 Å². The predicted octanol–water partition coefficient (Wildman–Crippen LogP) is 1.40. The Labute approximate surface area is 105 Å². The van der Waals surface area contributed by atoms with Gasteiger partial charge in [0.2, 0.25) is 10.9 Å². The molecule has 0 saturated heterocycles. The van der Waals surface area contributed by atoms with Crippen LogP contribution in [0.3, 0.4) is 0 Å². The highest BCUT2D eigenvalue weighted by Crippen LogP contribution is 2.31. The molecule has 0 bridgehead atoms. The van der Waals surface area contributed by atoms with Gasteiger partial charge in [-0.25, -0.2) is 13.2 Å². The van der Waals surface area contributed by atoms with E-state index in [2.05, 4.69) is 0 Å². The minimum atomic E-state index is -3.72. The van der Waals surface area contributed by atoms with Crippen LogP contribution in [0.15, 0.2) is 21.6 Å². The molecule has 0 aromatic carbocycles. The van der Waals surface area contributed by atoms with Crippen molar-refractivity contribution in [2.45, 2.75) is 24.9 Å². The van der Waals surface area contributed by atoms with Crippen LogP contribution in [0.2, 0.25) is 0 Å². The highest BCUT2D eigenvalue weighted by Gasteiger charge is 2.32. The fourth-order valence-electron chi connectivity index (χ4n) is 1.69. The second kappa shape index (κ2) is 4.74. The molecule has 18 heavy (non-hydrogen) atoms. The number of carboxylic acids is 1. The van der Waals surface area contributed by atoms with Crippen molar-refractivity contribution in [1.29, 1.82) is 0 Å². The molecule has 0 atom stereocenters. The smallest absolute Gasteiger partial charge is 0.371 e. The van der Waals surface area contributed by atoms with Crippen LogP contribution in [0.4, 0.5) is 0 Å². The van der Waals surface area contributed by atoms with E-state index < -0.39 is 16.0 Å². The number of carbonyl (C=O) groups is 1. The topological polar surface area (TPSA) is 87.8 Å². The summed E-state index contributed by atoms with van der Waals surface area (Å²) in [5.74, 6) is -1.22. The Morgan fingerprint density at radius 1 is 1.50 bits per heavy atom. The maximum atomic E-state index is 12.2. The largest absolute Gasteiger partial charge is 0.475 e. The molecule has 1 aromatic heterocycles. The predicted molar refractivity (Wildman–Crippen MR) is 62.8 cm³/mol. The van der Waals surface area contributed by atoms with Crippen LogP contribution < -0.4 is 0 Å². The highest BCUT2D eigenvalue weighted by atomic mass is 32.2. The van der Waals surface area contributed by atoms with Gasteiger partial charge >= 0.3 is 5.97 Å². The first-order valence-corrected chi connectivity index (χ1v) is 7.22. The maximum absolute atomic E-state index is 12.2. The summed E-state index contributed by atoms with van der Waals surface area (Å²) in [6.07, 6.45) is 2.09. The van der Waals surface area contributed by atoms with Gasteiger partial charge in [0.1, 0.15) is 0 Å². The van der Waals surface area contributed by atoms with Gasteiger partial charge in [0, 0.05) is 13.1 Å². The maximum Gasteiger partial charge on any atom is 0.371 e. The molecule has 0 amide bonds. The van der Waals surface area contributed by atoms with Crippen molar-refractivity contribution >= 4 is 16.0 Å². The molecule has 1 saturated carbocycles. The molecule has 0 aliphatic heterocycles. The first kappa shape index (κ1) is 13.1. The Balaban J connectivity index is 2.23. The summed E-state index contributed by atoms with van der Waals surface area (Å²) in [7, 11) is -3.72. The minimum Gasteiger partial charge on any atom is -0.475 e. The zero-order valence-corrected chi connectivity index (χ0v) is 10.8. The van der Waals surface area contributed by atoms with Crippen LogP contribution in [0, 0.1) is 5.92 Å². The van der Waals surface area contributed by atoms with Crippen LogP contribution in [0.1, 0.15) is 30.3 Å². The number of sulfonamides is 1. The van der Waals surface area contributed by atoms with Crippen molar-refractivity contribution in [2.24, 2.45) is 5.92 Å². The third-order valence-electron chi connectivity index (χ3n) is 2.90.